The van der Waals surface area contributed by atoms with E-state index in [0.717, 1.165) is 0 Å². The zero-order valence-electron chi connectivity index (χ0n) is 15.3. The maximum atomic E-state index is 5.49. The highest BCUT2D eigenvalue weighted by molar-refractivity contribution is 5.43. The Morgan fingerprint density at radius 1 is 1.00 bits per heavy atom. The van der Waals surface area contributed by atoms with Gasteiger partial charge in [-0.05, 0) is 33.1 Å². The van der Waals surface area contributed by atoms with Gasteiger partial charge < -0.3 is 31.2 Å². The zero-order chi connectivity index (χ0) is 17.9. The summed E-state index contributed by atoms with van der Waals surface area (Å²) in [7, 11) is 0. The summed E-state index contributed by atoms with van der Waals surface area (Å²) in [6.07, 6.45) is 3.60. The van der Waals surface area contributed by atoms with Gasteiger partial charge in [0.15, 0.2) is 0 Å². The molecule has 9 nitrogen and oxygen atoms in total. The number of nitrogens with zero attached hydrogens (tertiary/aromatic N) is 3. The molecule has 25 heavy (non-hydrogen) atoms. The van der Waals surface area contributed by atoms with Crippen LogP contribution in [0.4, 0.5) is 17.8 Å². The molecule has 1 heterocycles. The minimum Gasteiger partial charge on any atom is -0.378 e. The van der Waals surface area contributed by atoms with Crippen LogP contribution in [-0.2, 0) is 9.47 Å². The summed E-state index contributed by atoms with van der Waals surface area (Å²) >= 11 is 0. The second-order valence-corrected chi connectivity index (χ2v) is 6.32. The minimum atomic E-state index is 0.253. The lowest BCUT2D eigenvalue weighted by Crippen LogP contribution is -2.28. The van der Waals surface area contributed by atoms with E-state index in [9.17, 15) is 0 Å². The fourth-order valence-corrected chi connectivity index (χ4v) is 2.22. The molecule has 1 saturated carbocycles. The summed E-state index contributed by atoms with van der Waals surface area (Å²) in [6.45, 7) is 7.47. The number of hydrogen-bond donors (Lipinski definition) is 4. The fraction of sp³-hybridized carbons (Fsp3) is 0.812. The van der Waals surface area contributed by atoms with Crippen molar-refractivity contribution in [2.45, 2.75) is 45.2 Å². The lowest BCUT2D eigenvalue weighted by atomic mass is 9.93. The third-order valence-electron chi connectivity index (χ3n) is 3.66. The minimum absolute atomic E-state index is 0.253. The van der Waals surface area contributed by atoms with E-state index in [1.165, 1.54) is 19.3 Å². The molecular weight excluding hydrogens is 322 g/mol. The molecule has 1 fully saturated rings. The number of aromatic nitrogens is 3. The predicted octanol–water partition coefficient (Wildman–Crippen LogP) is 1.06. The van der Waals surface area contributed by atoms with Crippen LogP contribution in [0.2, 0.25) is 0 Å². The molecule has 142 valence electrons. The van der Waals surface area contributed by atoms with Crippen molar-refractivity contribution >= 4 is 17.8 Å². The van der Waals surface area contributed by atoms with Gasteiger partial charge in [-0.1, -0.05) is 0 Å². The van der Waals surface area contributed by atoms with Gasteiger partial charge in [-0.25, -0.2) is 0 Å². The SMILES string of the molecule is CC(C)Nc1nc(NCCOCCOCCN)nc(NC2CCC2)n1. The molecule has 1 aliphatic carbocycles. The number of nitrogens with two attached hydrogens (primary N) is 1. The van der Waals surface area contributed by atoms with Crippen molar-refractivity contribution in [3.63, 3.8) is 0 Å². The van der Waals surface area contributed by atoms with E-state index in [1.54, 1.807) is 0 Å². The van der Waals surface area contributed by atoms with Crippen LogP contribution in [-0.4, -0.2) is 66.6 Å². The molecule has 0 bridgehead atoms. The molecule has 0 aliphatic heterocycles. The highest BCUT2D eigenvalue weighted by atomic mass is 16.5. The highest BCUT2D eigenvalue weighted by Crippen LogP contribution is 2.22. The molecule has 0 saturated heterocycles. The van der Waals surface area contributed by atoms with Gasteiger partial charge in [-0.15, -0.1) is 0 Å². The number of hydrogen-bond acceptors (Lipinski definition) is 9. The van der Waals surface area contributed by atoms with Crippen LogP contribution in [0, 0.1) is 0 Å². The molecule has 1 aliphatic rings. The van der Waals surface area contributed by atoms with Crippen molar-refractivity contribution in [3.05, 3.63) is 0 Å². The van der Waals surface area contributed by atoms with Gasteiger partial charge in [-0.3, -0.25) is 0 Å². The van der Waals surface area contributed by atoms with E-state index in [1.807, 2.05) is 0 Å². The molecule has 1 aromatic rings. The van der Waals surface area contributed by atoms with E-state index >= 15 is 0 Å². The largest absolute Gasteiger partial charge is 0.378 e. The molecule has 2 rings (SSSR count). The average Bonchev–Trinajstić information content (AvgIpc) is 2.53. The first-order chi connectivity index (χ1) is 12.2. The van der Waals surface area contributed by atoms with Gasteiger partial charge in [0.1, 0.15) is 0 Å². The normalized spacial score (nSPS) is 14.4. The van der Waals surface area contributed by atoms with Crippen molar-refractivity contribution < 1.29 is 9.47 Å². The maximum Gasteiger partial charge on any atom is 0.229 e. The number of anilines is 3. The standard InChI is InChI=1S/C16H31N7O2/c1-12(2)19-15-21-14(18-7-9-25-11-10-24-8-6-17)22-16(23-15)20-13-4-3-5-13/h12-13H,3-11,17H2,1-2H3,(H3,18,19,20,21,22,23). The van der Waals surface area contributed by atoms with Crippen LogP contribution in [0.1, 0.15) is 33.1 Å². The van der Waals surface area contributed by atoms with E-state index in [-0.39, 0.29) is 6.04 Å². The maximum absolute atomic E-state index is 5.49. The Bertz CT molecular complexity index is 497. The zero-order valence-corrected chi connectivity index (χ0v) is 15.3. The van der Waals surface area contributed by atoms with E-state index < -0.39 is 0 Å². The van der Waals surface area contributed by atoms with Crippen molar-refractivity contribution in [1.82, 2.24) is 15.0 Å². The fourth-order valence-electron chi connectivity index (χ4n) is 2.22. The first kappa shape index (κ1) is 19.6. The molecule has 1 aromatic heterocycles. The van der Waals surface area contributed by atoms with Crippen LogP contribution < -0.4 is 21.7 Å². The molecule has 5 N–H and O–H groups in total. The van der Waals surface area contributed by atoms with Gasteiger partial charge >= 0.3 is 0 Å². The van der Waals surface area contributed by atoms with Crippen molar-refractivity contribution in [2.75, 3.05) is 55.5 Å². The van der Waals surface area contributed by atoms with Crippen LogP contribution in [0.3, 0.4) is 0 Å². The van der Waals surface area contributed by atoms with E-state index in [0.29, 0.717) is 63.4 Å². The Kier molecular flexibility index (Phi) is 8.64. The Hall–Kier alpha value is -1.71. The van der Waals surface area contributed by atoms with Crippen molar-refractivity contribution in [1.29, 1.82) is 0 Å². The second kappa shape index (κ2) is 11.0. The average molecular weight is 353 g/mol. The lowest BCUT2D eigenvalue weighted by molar-refractivity contribution is 0.0547. The van der Waals surface area contributed by atoms with Gasteiger partial charge in [0.2, 0.25) is 17.8 Å². The Morgan fingerprint density at radius 3 is 2.32 bits per heavy atom. The lowest BCUT2D eigenvalue weighted by Gasteiger charge is -2.26. The predicted molar refractivity (Wildman–Crippen MR) is 99.0 cm³/mol. The van der Waals surface area contributed by atoms with Gasteiger partial charge in [0.25, 0.3) is 0 Å². The number of nitrogens with one attached hydrogen (secondary N) is 3. The summed E-state index contributed by atoms with van der Waals surface area (Å²) in [5, 5.41) is 9.77. The van der Waals surface area contributed by atoms with Gasteiger partial charge in [0.05, 0.1) is 26.4 Å². The number of rotatable bonds is 13. The van der Waals surface area contributed by atoms with Gasteiger partial charge in [-0.2, -0.15) is 15.0 Å². The van der Waals surface area contributed by atoms with Gasteiger partial charge in [0, 0.05) is 25.2 Å². The van der Waals surface area contributed by atoms with Crippen molar-refractivity contribution in [3.8, 4) is 0 Å². The molecule has 9 heteroatoms. The summed E-state index contributed by atoms with van der Waals surface area (Å²) < 4.78 is 10.7. The van der Waals surface area contributed by atoms with Crippen LogP contribution in [0.5, 0.6) is 0 Å². The Balaban J connectivity index is 1.77. The molecule has 0 radical (unpaired) electrons. The summed E-state index contributed by atoms with van der Waals surface area (Å²) in [6, 6.07) is 0.725. The molecule has 0 amide bonds. The first-order valence-corrected chi connectivity index (χ1v) is 9.06. The number of ether oxygens (including phenoxy) is 2. The Labute approximate surface area is 149 Å². The highest BCUT2D eigenvalue weighted by Gasteiger charge is 2.19. The van der Waals surface area contributed by atoms with Crippen LogP contribution >= 0.6 is 0 Å². The topological polar surface area (TPSA) is 119 Å². The quantitative estimate of drug-likeness (QED) is 0.386. The first-order valence-electron chi connectivity index (χ1n) is 9.06. The molecule has 0 unspecified atom stereocenters. The summed E-state index contributed by atoms with van der Waals surface area (Å²) in [4.78, 5) is 13.3. The smallest absolute Gasteiger partial charge is 0.229 e. The molecule has 0 spiro atoms. The molecular formula is C16H31N7O2. The third-order valence-corrected chi connectivity index (χ3v) is 3.66. The van der Waals surface area contributed by atoms with Crippen LogP contribution in [0.15, 0.2) is 0 Å². The Morgan fingerprint density at radius 2 is 1.68 bits per heavy atom. The third kappa shape index (κ3) is 7.80. The summed E-state index contributed by atoms with van der Waals surface area (Å²) in [5.41, 5.74) is 5.35. The summed E-state index contributed by atoms with van der Waals surface area (Å²) in [5.74, 6) is 1.73. The van der Waals surface area contributed by atoms with E-state index in [4.69, 9.17) is 15.2 Å². The van der Waals surface area contributed by atoms with Crippen LogP contribution in [0.25, 0.3) is 0 Å². The molecule has 0 aromatic carbocycles. The second-order valence-electron chi connectivity index (χ2n) is 6.32. The monoisotopic (exact) mass is 353 g/mol. The van der Waals surface area contributed by atoms with E-state index in [2.05, 4.69) is 44.7 Å². The van der Waals surface area contributed by atoms with Crippen molar-refractivity contribution in [2.24, 2.45) is 5.73 Å². The molecule has 0 atom stereocenters.